The van der Waals surface area contributed by atoms with Gasteiger partial charge in [-0.25, -0.2) is 10.9 Å². The van der Waals surface area contributed by atoms with Gasteiger partial charge in [-0.1, -0.05) is 40.0 Å². The minimum atomic E-state index is -0.879. The summed E-state index contributed by atoms with van der Waals surface area (Å²) in [6.07, 6.45) is 9.05. The predicted octanol–water partition coefficient (Wildman–Crippen LogP) is 1.38. The van der Waals surface area contributed by atoms with Crippen LogP contribution in [-0.2, 0) is 19.2 Å². The molecule has 2 fully saturated rings. The van der Waals surface area contributed by atoms with Crippen LogP contribution in [0, 0.1) is 11.8 Å². The van der Waals surface area contributed by atoms with Crippen LogP contribution in [0.3, 0.4) is 0 Å². The summed E-state index contributed by atoms with van der Waals surface area (Å²) < 4.78 is 0. The number of nitrogens with one attached hydrogen (secondary N) is 3. The third-order valence-corrected chi connectivity index (χ3v) is 8.06. The van der Waals surface area contributed by atoms with Crippen LogP contribution in [0.15, 0.2) is 12.3 Å². The molecule has 3 aliphatic rings. The molecule has 0 spiro atoms. The van der Waals surface area contributed by atoms with E-state index in [1.165, 1.54) is 5.01 Å². The van der Waals surface area contributed by atoms with E-state index < -0.39 is 29.9 Å². The van der Waals surface area contributed by atoms with Gasteiger partial charge >= 0.3 is 5.97 Å². The summed E-state index contributed by atoms with van der Waals surface area (Å²) in [6.45, 7) is 7.33. The van der Waals surface area contributed by atoms with Crippen molar-refractivity contribution in [3.63, 3.8) is 0 Å². The van der Waals surface area contributed by atoms with Crippen LogP contribution in [0.25, 0.3) is 0 Å². The van der Waals surface area contributed by atoms with E-state index in [9.17, 15) is 24.3 Å². The molecule has 0 aromatic rings. The Labute approximate surface area is 224 Å². The minimum absolute atomic E-state index is 0.0520. The standard InChI is InChI=1S/C26H44N6O6/c1-4-6-9-18(16-22(33)29-38)25(35)31-20(10-7-13-27-31)24(34)28-23(17(3)5-2)19-12-15-30-14-8-11-21(26(36)37)32(19)30/h12,15,17-21,23,27,38H,4-11,13-14,16H2,1-3H3,(H,28,34)(H,29,33)(H,36,37). The van der Waals surface area contributed by atoms with Crippen molar-refractivity contribution in [1.82, 2.24) is 31.2 Å². The van der Waals surface area contributed by atoms with Crippen molar-refractivity contribution in [3.05, 3.63) is 12.3 Å². The fourth-order valence-electron chi connectivity index (χ4n) is 5.72. The smallest absolute Gasteiger partial charge is 0.322 e. The van der Waals surface area contributed by atoms with Gasteiger partial charge in [0.1, 0.15) is 12.1 Å². The number of hydrogen-bond donors (Lipinski definition) is 5. The molecule has 6 unspecified atom stereocenters. The third-order valence-electron chi connectivity index (χ3n) is 8.06. The van der Waals surface area contributed by atoms with Gasteiger partial charge < -0.3 is 15.4 Å². The molecular weight excluding hydrogens is 492 g/mol. The summed E-state index contributed by atoms with van der Waals surface area (Å²) in [5.74, 6) is -2.76. The molecule has 0 saturated carbocycles. The summed E-state index contributed by atoms with van der Waals surface area (Å²) >= 11 is 0. The van der Waals surface area contributed by atoms with Gasteiger partial charge in [0.15, 0.2) is 0 Å². The zero-order valence-electron chi connectivity index (χ0n) is 22.8. The Hall–Kier alpha value is -2.70. The summed E-state index contributed by atoms with van der Waals surface area (Å²) in [5.41, 5.74) is 4.68. The van der Waals surface area contributed by atoms with E-state index in [1.54, 1.807) is 5.48 Å². The van der Waals surface area contributed by atoms with Crippen molar-refractivity contribution in [2.24, 2.45) is 11.8 Å². The fraction of sp³-hybridized carbons (Fsp3) is 0.769. The van der Waals surface area contributed by atoms with Crippen LogP contribution in [0.5, 0.6) is 0 Å². The number of nitrogens with zero attached hydrogens (tertiary/aromatic N) is 3. The molecule has 3 aliphatic heterocycles. The quantitative estimate of drug-likeness (QED) is 0.184. The van der Waals surface area contributed by atoms with Crippen molar-refractivity contribution >= 4 is 23.7 Å². The number of hydroxylamine groups is 1. The van der Waals surface area contributed by atoms with E-state index in [0.717, 1.165) is 32.2 Å². The molecule has 2 saturated heterocycles. The van der Waals surface area contributed by atoms with Gasteiger partial charge in [0, 0.05) is 31.6 Å². The van der Waals surface area contributed by atoms with Crippen LogP contribution < -0.4 is 16.2 Å². The Morgan fingerprint density at radius 2 is 1.87 bits per heavy atom. The van der Waals surface area contributed by atoms with Crippen LogP contribution in [0.4, 0.5) is 0 Å². The van der Waals surface area contributed by atoms with Gasteiger partial charge in [-0.2, -0.15) is 5.01 Å². The lowest BCUT2D eigenvalue weighted by molar-refractivity contribution is -0.158. The maximum absolute atomic E-state index is 13.8. The minimum Gasteiger partial charge on any atom is -0.480 e. The van der Waals surface area contributed by atoms with E-state index in [1.807, 2.05) is 43.1 Å². The maximum atomic E-state index is 13.8. The monoisotopic (exact) mass is 536 g/mol. The number of carboxylic acids is 1. The van der Waals surface area contributed by atoms with Gasteiger partial charge in [0.2, 0.25) is 17.7 Å². The Balaban J connectivity index is 1.80. The molecule has 38 heavy (non-hydrogen) atoms. The molecule has 6 atom stereocenters. The van der Waals surface area contributed by atoms with Crippen LogP contribution in [0.2, 0.25) is 0 Å². The van der Waals surface area contributed by atoms with Crippen LogP contribution in [-0.4, -0.2) is 86.3 Å². The molecule has 5 N–H and O–H groups in total. The first-order valence-electron chi connectivity index (χ1n) is 14.0. The highest BCUT2D eigenvalue weighted by Gasteiger charge is 2.45. The summed E-state index contributed by atoms with van der Waals surface area (Å²) in [7, 11) is 0. The van der Waals surface area contributed by atoms with Gasteiger partial charge in [0.05, 0.1) is 12.1 Å². The number of carbonyl (C=O) groups is 4. The normalized spacial score (nSPS) is 25.8. The first kappa shape index (κ1) is 29.9. The lowest BCUT2D eigenvalue weighted by Crippen LogP contribution is -2.65. The number of fused-ring (bicyclic) bond motifs is 1. The third kappa shape index (κ3) is 6.83. The molecule has 12 nitrogen and oxygen atoms in total. The van der Waals surface area contributed by atoms with Crippen molar-refractivity contribution in [3.8, 4) is 0 Å². The van der Waals surface area contributed by atoms with E-state index in [4.69, 9.17) is 5.21 Å². The SMILES string of the molecule is CCCCC(CC(=O)NO)C(=O)N1NCCCC1C(=O)NC(C(C)CC)C1C=CN2CCCC(C(=O)O)N12. The molecule has 3 amide bonds. The highest BCUT2D eigenvalue weighted by molar-refractivity contribution is 5.90. The molecular formula is C26H44N6O6. The maximum Gasteiger partial charge on any atom is 0.322 e. The first-order valence-corrected chi connectivity index (χ1v) is 14.0. The molecule has 0 bridgehead atoms. The zero-order valence-corrected chi connectivity index (χ0v) is 22.8. The zero-order chi connectivity index (χ0) is 27.8. The van der Waals surface area contributed by atoms with E-state index in [2.05, 4.69) is 10.7 Å². The molecule has 3 rings (SSSR count). The lowest BCUT2D eigenvalue weighted by atomic mass is 9.90. The number of carboxylic acid groups (broad SMARTS) is 1. The molecule has 0 radical (unpaired) electrons. The molecule has 214 valence electrons. The number of hydrazine groups is 2. The van der Waals surface area contributed by atoms with Gasteiger partial charge in [-0.3, -0.25) is 29.4 Å². The van der Waals surface area contributed by atoms with E-state index >= 15 is 0 Å². The van der Waals surface area contributed by atoms with Crippen molar-refractivity contribution in [1.29, 1.82) is 0 Å². The Bertz CT molecular complexity index is 884. The summed E-state index contributed by atoms with van der Waals surface area (Å²) in [4.78, 5) is 51.2. The molecule has 0 aromatic carbocycles. The Morgan fingerprint density at radius 1 is 1.13 bits per heavy atom. The molecule has 0 aliphatic carbocycles. The number of hydrogen-bond acceptors (Lipinski definition) is 8. The van der Waals surface area contributed by atoms with Crippen molar-refractivity contribution < 1.29 is 29.5 Å². The number of rotatable bonds is 12. The first-order chi connectivity index (χ1) is 18.2. The average molecular weight is 537 g/mol. The second-order valence-electron chi connectivity index (χ2n) is 10.6. The highest BCUT2D eigenvalue weighted by Crippen LogP contribution is 2.31. The van der Waals surface area contributed by atoms with Gasteiger partial charge in [-0.05, 0) is 44.1 Å². The molecule has 12 heteroatoms. The lowest BCUT2D eigenvalue weighted by Gasteiger charge is -2.45. The average Bonchev–Trinajstić information content (AvgIpc) is 3.36. The number of carbonyl (C=O) groups excluding carboxylic acids is 3. The Kier molecular flexibility index (Phi) is 10.9. The largest absolute Gasteiger partial charge is 0.480 e. The van der Waals surface area contributed by atoms with Crippen LogP contribution >= 0.6 is 0 Å². The number of aliphatic carboxylic acids is 1. The second kappa shape index (κ2) is 13.9. The molecule has 0 aromatic heterocycles. The molecule has 3 heterocycles. The van der Waals surface area contributed by atoms with Crippen molar-refractivity contribution in [2.75, 3.05) is 13.1 Å². The van der Waals surface area contributed by atoms with E-state index in [0.29, 0.717) is 32.2 Å². The topological polar surface area (TPSA) is 155 Å². The van der Waals surface area contributed by atoms with Gasteiger partial charge in [0.25, 0.3) is 0 Å². The summed E-state index contributed by atoms with van der Waals surface area (Å²) in [5, 5.41) is 27.2. The summed E-state index contributed by atoms with van der Waals surface area (Å²) in [6, 6.07) is -2.11. The van der Waals surface area contributed by atoms with Crippen molar-refractivity contribution in [2.45, 2.75) is 103 Å². The van der Waals surface area contributed by atoms with Crippen LogP contribution in [0.1, 0.15) is 78.6 Å². The number of amides is 3. The highest BCUT2D eigenvalue weighted by atomic mass is 16.5. The van der Waals surface area contributed by atoms with E-state index in [-0.39, 0.29) is 36.2 Å². The fourth-order valence-corrected chi connectivity index (χ4v) is 5.72. The van der Waals surface area contributed by atoms with Gasteiger partial charge in [-0.15, -0.1) is 0 Å². The Morgan fingerprint density at radius 3 is 2.53 bits per heavy atom. The number of unbranched alkanes of at least 4 members (excludes halogenated alkanes) is 1. The predicted molar refractivity (Wildman–Crippen MR) is 139 cm³/mol. The second-order valence-corrected chi connectivity index (χ2v) is 10.6.